The maximum absolute atomic E-state index is 8.95. The number of nitrogens with two attached hydrogens (primary N) is 1. The lowest BCUT2D eigenvalue weighted by Crippen LogP contribution is -2.26. The van der Waals surface area contributed by atoms with E-state index in [0.717, 1.165) is 17.8 Å². The van der Waals surface area contributed by atoms with Crippen molar-refractivity contribution in [2.45, 2.75) is 26.3 Å². The molecular formula is C12H20N2O. The van der Waals surface area contributed by atoms with E-state index >= 15 is 0 Å². The molecule has 0 heterocycles. The molecule has 0 aliphatic rings. The molecule has 1 aromatic rings. The topological polar surface area (TPSA) is 58.3 Å². The van der Waals surface area contributed by atoms with Gasteiger partial charge in [-0.15, -0.1) is 0 Å². The third-order valence-electron chi connectivity index (χ3n) is 2.48. The van der Waals surface area contributed by atoms with Crippen molar-refractivity contribution < 1.29 is 5.11 Å². The van der Waals surface area contributed by atoms with Gasteiger partial charge in [-0.2, -0.15) is 0 Å². The average molecular weight is 208 g/mol. The molecule has 0 fully saturated rings. The molecule has 3 heteroatoms. The van der Waals surface area contributed by atoms with E-state index in [-0.39, 0.29) is 12.6 Å². The maximum Gasteiger partial charge on any atom is 0.0450 e. The van der Waals surface area contributed by atoms with Crippen molar-refractivity contribution in [1.82, 2.24) is 0 Å². The zero-order chi connectivity index (χ0) is 11.3. The Morgan fingerprint density at radius 3 is 2.67 bits per heavy atom. The molecule has 0 saturated heterocycles. The van der Waals surface area contributed by atoms with Gasteiger partial charge in [0.1, 0.15) is 0 Å². The summed E-state index contributed by atoms with van der Waals surface area (Å²) < 4.78 is 0. The number of hydrogen-bond acceptors (Lipinski definition) is 3. The number of nitrogens with one attached hydrogen (secondary N) is 1. The molecule has 0 amide bonds. The molecule has 0 saturated carbocycles. The number of aliphatic hydroxyl groups excluding tert-OH is 1. The van der Waals surface area contributed by atoms with Crippen LogP contribution in [0, 0.1) is 5.92 Å². The molecule has 1 rings (SSSR count). The highest BCUT2D eigenvalue weighted by atomic mass is 16.3. The predicted octanol–water partition coefficient (Wildman–Crippen LogP) is 2.09. The van der Waals surface area contributed by atoms with E-state index in [2.05, 4.69) is 19.2 Å². The summed E-state index contributed by atoms with van der Waals surface area (Å²) in [7, 11) is 0. The molecule has 0 bridgehead atoms. The summed E-state index contributed by atoms with van der Waals surface area (Å²) in [4.78, 5) is 0. The lowest BCUT2D eigenvalue weighted by atomic mass is 10.0. The van der Waals surface area contributed by atoms with Gasteiger partial charge < -0.3 is 16.2 Å². The standard InChI is InChI=1S/C12H20N2O/c1-9(2)12(6-7-15)14-11-5-3-4-10(13)8-11/h3-5,8-9,12,14-15H,6-7,13H2,1-2H3. The minimum atomic E-state index is 0.207. The van der Waals surface area contributed by atoms with Gasteiger partial charge in [0.25, 0.3) is 0 Å². The lowest BCUT2D eigenvalue weighted by molar-refractivity contribution is 0.267. The van der Waals surface area contributed by atoms with Crippen molar-refractivity contribution in [3.05, 3.63) is 24.3 Å². The van der Waals surface area contributed by atoms with Gasteiger partial charge in [-0.05, 0) is 30.5 Å². The summed E-state index contributed by atoms with van der Waals surface area (Å²) in [6, 6.07) is 7.97. The van der Waals surface area contributed by atoms with E-state index in [0.29, 0.717) is 5.92 Å². The second kappa shape index (κ2) is 5.61. The van der Waals surface area contributed by atoms with Gasteiger partial charge in [-0.1, -0.05) is 19.9 Å². The minimum Gasteiger partial charge on any atom is -0.399 e. The average Bonchev–Trinajstić information content (AvgIpc) is 2.17. The second-order valence-electron chi connectivity index (χ2n) is 4.13. The van der Waals surface area contributed by atoms with E-state index in [1.807, 2.05) is 24.3 Å². The quantitative estimate of drug-likeness (QED) is 0.649. The monoisotopic (exact) mass is 208 g/mol. The van der Waals surface area contributed by atoms with Crippen LogP contribution in [0.25, 0.3) is 0 Å². The SMILES string of the molecule is CC(C)C(CCO)Nc1cccc(N)c1. The Bertz CT molecular complexity index is 299. The van der Waals surface area contributed by atoms with Crippen LogP contribution in [0.2, 0.25) is 0 Å². The Kier molecular flexibility index (Phi) is 4.43. The van der Waals surface area contributed by atoms with E-state index in [1.54, 1.807) is 0 Å². The molecule has 15 heavy (non-hydrogen) atoms. The van der Waals surface area contributed by atoms with E-state index in [4.69, 9.17) is 10.8 Å². The Morgan fingerprint density at radius 1 is 1.40 bits per heavy atom. The first-order valence-electron chi connectivity index (χ1n) is 5.36. The lowest BCUT2D eigenvalue weighted by Gasteiger charge is -2.22. The van der Waals surface area contributed by atoms with Crippen LogP contribution < -0.4 is 11.1 Å². The summed E-state index contributed by atoms with van der Waals surface area (Å²) >= 11 is 0. The van der Waals surface area contributed by atoms with Gasteiger partial charge in [0.15, 0.2) is 0 Å². The first kappa shape index (κ1) is 11.9. The fraction of sp³-hybridized carbons (Fsp3) is 0.500. The summed E-state index contributed by atoms with van der Waals surface area (Å²) in [5.74, 6) is 0.485. The molecule has 0 aliphatic heterocycles. The second-order valence-corrected chi connectivity index (χ2v) is 4.13. The number of rotatable bonds is 5. The molecule has 0 aliphatic carbocycles. The van der Waals surface area contributed by atoms with Crippen LogP contribution in [0.5, 0.6) is 0 Å². The molecule has 3 nitrogen and oxygen atoms in total. The largest absolute Gasteiger partial charge is 0.399 e. The van der Waals surface area contributed by atoms with Gasteiger partial charge in [-0.3, -0.25) is 0 Å². The van der Waals surface area contributed by atoms with E-state index in [9.17, 15) is 0 Å². The number of nitrogen functional groups attached to an aromatic ring is 1. The first-order chi connectivity index (χ1) is 7.13. The smallest absolute Gasteiger partial charge is 0.0450 e. The van der Waals surface area contributed by atoms with Gasteiger partial charge in [0, 0.05) is 24.0 Å². The maximum atomic E-state index is 8.95. The van der Waals surface area contributed by atoms with Gasteiger partial charge in [-0.25, -0.2) is 0 Å². The van der Waals surface area contributed by atoms with Crippen LogP contribution in [0.3, 0.4) is 0 Å². The van der Waals surface area contributed by atoms with Crippen molar-refractivity contribution in [3.63, 3.8) is 0 Å². The fourth-order valence-electron chi connectivity index (χ4n) is 1.55. The predicted molar refractivity (Wildman–Crippen MR) is 64.8 cm³/mol. The third-order valence-corrected chi connectivity index (χ3v) is 2.48. The summed E-state index contributed by atoms with van der Waals surface area (Å²) in [5.41, 5.74) is 7.47. The van der Waals surface area contributed by atoms with Crippen molar-refractivity contribution >= 4 is 11.4 Å². The molecule has 84 valence electrons. The molecule has 0 radical (unpaired) electrons. The Hall–Kier alpha value is -1.22. The Morgan fingerprint density at radius 2 is 2.13 bits per heavy atom. The number of aliphatic hydroxyl groups is 1. The van der Waals surface area contributed by atoms with Crippen LogP contribution in [0.15, 0.2) is 24.3 Å². The highest BCUT2D eigenvalue weighted by molar-refractivity contribution is 5.54. The van der Waals surface area contributed by atoms with Crippen molar-refractivity contribution in [2.75, 3.05) is 17.7 Å². The van der Waals surface area contributed by atoms with Crippen LogP contribution in [-0.2, 0) is 0 Å². The zero-order valence-electron chi connectivity index (χ0n) is 9.40. The summed E-state index contributed by atoms with van der Waals surface area (Å²) in [6.45, 7) is 4.48. The molecule has 1 atom stereocenters. The highest BCUT2D eigenvalue weighted by Gasteiger charge is 2.12. The molecule has 1 aromatic carbocycles. The molecule has 0 spiro atoms. The van der Waals surface area contributed by atoms with Crippen LogP contribution in [0.4, 0.5) is 11.4 Å². The third kappa shape index (κ3) is 3.80. The van der Waals surface area contributed by atoms with Gasteiger partial charge in [0.05, 0.1) is 0 Å². The molecule has 1 unspecified atom stereocenters. The van der Waals surface area contributed by atoms with Crippen molar-refractivity contribution in [3.8, 4) is 0 Å². The fourth-order valence-corrected chi connectivity index (χ4v) is 1.55. The normalized spacial score (nSPS) is 12.8. The first-order valence-corrected chi connectivity index (χ1v) is 5.36. The Labute approximate surface area is 91.3 Å². The molecule has 4 N–H and O–H groups in total. The van der Waals surface area contributed by atoms with E-state index in [1.165, 1.54) is 0 Å². The number of hydrogen-bond donors (Lipinski definition) is 3. The highest BCUT2D eigenvalue weighted by Crippen LogP contribution is 2.17. The van der Waals surface area contributed by atoms with Crippen molar-refractivity contribution in [1.29, 1.82) is 0 Å². The van der Waals surface area contributed by atoms with Crippen molar-refractivity contribution in [2.24, 2.45) is 5.92 Å². The molecular weight excluding hydrogens is 188 g/mol. The van der Waals surface area contributed by atoms with E-state index < -0.39 is 0 Å². The summed E-state index contributed by atoms with van der Waals surface area (Å²) in [5, 5.41) is 12.3. The molecule has 0 aromatic heterocycles. The van der Waals surface area contributed by atoms with Crippen LogP contribution in [-0.4, -0.2) is 17.8 Å². The van der Waals surface area contributed by atoms with Crippen LogP contribution >= 0.6 is 0 Å². The van der Waals surface area contributed by atoms with Gasteiger partial charge in [0.2, 0.25) is 0 Å². The number of anilines is 2. The number of benzene rings is 1. The minimum absolute atomic E-state index is 0.207. The van der Waals surface area contributed by atoms with Crippen LogP contribution in [0.1, 0.15) is 20.3 Å². The summed E-state index contributed by atoms with van der Waals surface area (Å²) in [6.07, 6.45) is 0.756. The Balaban J connectivity index is 2.65. The zero-order valence-corrected chi connectivity index (χ0v) is 9.40. The van der Waals surface area contributed by atoms with Gasteiger partial charge >= 0.3 is 0 Å².